The van der Waals surface area contributed by atoms with Crippen molar-refractivity contribution in [2.24, 2.45) is 0 Å². The van der Waals surface area contributed by atoms with Crippen LogP contribution < -0.4 is 0 Å². The summed E-state index contributed by atoms with van der Waals surface area (Å²) < 4.78 is 5.76. The van der Waals surface area contributed by atoms with Gasteiger partial charge in [0.15, 0.2) is 0 Å². The lowest BCUT2D eigenvalue weighted by molar-refractivity contribution is -0.122. The molecule has 4 nitrogen and oxygen atoms in total. The number of phenolic OH excluding ortho intramolecular Hbond substituents is 1. The van der Waals surface area contributed by atoms with E-state index in [4.69, 9.17) is 16.6 Å². The van der Waals surface area contributed by atoms with E-state index >= 15 is 0 Å². The Kier molecular flexibility index (Phi) is 3.81. The minimum atomic E-state index is -0.130. The molecule has 3 rings (SSSR count). The van der Waals surface area contributed by atoms with Crippen LogP contribution in [0.25, 0.3) is 6.08 Å². The molecule has 0 aliphatic carbocycles. The molecular weight excluding hydrogens is 306 g/mol. The third-order valence-electron chi connectivity index (χ3n) is 2.96. The molecule has 1 aromatic heterocycles. The predicted molar refractivity (Wildman–Crippen MR) is 85.5 cm³/mol. The third kappa shape index (κ3) is 3.01. The zero-order valence-corrected chi connectivity index (χ0v) is 12.5. The van der Waals surface area contributed by atoms with Gasteiger partial charge in [-0.2, -0.15) is 0 Å². The van der Waals surface area contributed by atoms with Crippen molar-refractivity contribution in [2.45, 2.75) is 6.54 Å². The summed E-state index contributed by atoms with van der Waals surface area (Å²) in [6, 6.07) is 10.2. The molecule has 1 aromatic carbocycles. The minimum Gasteiger partial charge on any atom is -0.508 e. The van der Waals surface area contributed by atoms with Gasteiger partial charge in [-0.05, 0) is 35.9 Å². The van der Waals surface area contributed by atoms with Crippen LogP contribution in [0.4, 0.5) is 0 Å². The highest BCUT2D eigenvalue weighted by Gasteiger charge is 2.32. The molecule has 1 saturated heterocycles. The Morgan fingerprint density at radius 1 is 1.29 bits per heavy atom. The van der Waals surface area contributed by atoms with Crippen LogP contribution in [0.5, 0.6) is 5.75 Å². The van der Waals surface area contributed by atoms with Gasteiger partial charge in [0.2, 0.25) is 0 Å². The highest BCUT2D eigenvalue weighted by molar-refractivity contribution is 8.26. The number of furan rings is 1. The van der Waals surface area contributed by atoms with Gasteiger partial charge in [-0.1, -0.05) is 36.1 Å². The second-order valence-corrected chi connectivity index (χ2v) is 6.11. The zero-order chi connectivity index (χ0) is 14.8. The minimum absolute atomic E-state index is 0.130. The van der Waals surface area contributed by atoms with Gasteiger partial charge in [-0.15, -0.1) is 0 Å². The normalized spacial score (nSPS) is 17.0. The highest BCUT2D eigenvalue weighted by atomic mass is 32.2. The van der Waals surface area contributed by atoms with Crippen LogP contribution in [-0.2, 0) is 11.3 Å². The molecule has 0 radical (unpaired) electrons. The quantitative estimate of drug-likeness (QED) is 0.695. The Morgan fingerprint density at radius 2 is 2.05 bits per heavy atom. The lowest BCUT2D eigenvalue weighted by Gasteiger charge is -2.11. The zero-order valence-electron chi connectivity index (χ0n) is 10.9. The van der Waals surface area contributed by atoms with E-state index in [0.717, 1.165) is 5.56 Å². The van der Waals surface area contributed by atoms with Crippen LogP contribution in [0.2, 0.25) is 0 Å². The summed E-state index contributed by atoms with van der Waals surface area (Å²) in [7, 11) is 0. The smallest absolute Gasteiger partial charge is 0.266 e. The molecule has 0 unspecified atom stereocenters. The summed E-state index contributed by atoms with van der Waals surface area (Å²) in [4.78, 5) is 14.5. The second kappa shape index (κ2) is 5.75. The Labute approximate surface area is 131 Å². The van der Waals surface area contributed by atoms with Crippen LogP contribution >= 0.6 is 24.0 Å². The molecule has 1 aliphatic heterocycles. The van der Waals surface area contributed by atoms with E-state index in [1.165, 1.54) is 16.7 Å². The fourth-order valence-electron chi connectivity index (χ4n) is 1.92. The van der Waals surface area contributed by atoms with Gasteiger partial charge in [0.1, 0.15) is 15.8 Å². The molecule has 106 valence electrons. The van der Waals surface area contributed by atoms with Crippen LogP contribution in [0.3, 0.4) is 0 Å². The van der Waals surface area contributed by atoms with E-state index in [0.29, 0.717) is 21.5 Å². The van der Waals surface area contributed by atoms with Gasteiger partial charge < -0.3 is 9.52 Å². The van der Waals surface area contributed by atoms with E-state index in [2.05, 4.69) is 0 Å². The average molecular weight is 317 g/mol. The van der Waals surface area contributed by atoms with E-state index in [-0.39, 0.29) is 11.7 Å². The average Bonchev–Trinajstić information content (AvgIpc) is 3.06. The number of hydrogen-bond donors (Lipinski definition) is 1. The van der Waals surface area contributed by atoms with Crippen molar-refractivity contribution < 1.29 is 14.3 Å². The lowest BCUT2D eigenvalue weighted by Crippen LogP contribution is -2.27. The van der Waals surface area contributed by atoms with Gasteiger partial charge in [0.25, 0.3) is 5.91 Å². The summed E-state index contributed by atoms with van der Waals surface area (Å²) in [5, 5.41) is 9.27. The fraction of sp³-hybridized carbons (Fsp3) is 0.0667. The summed E-state index contributed by atoms with van der Waals surface area (Å²) >= 11 is 6.52. The number of thioether (sulfide) groups is 1. The standard InChI is InChI=1S/C15H11NO3S2/c17-11-5-3-10(4-6-11)8-13-14(18)16(15(20)21-13)9-12-2-1-7-19-12/h1-8,17H,9H2/b13-8+. The van der Waals surface area contributed by atoms with Crippen molar-refractivity contribution in [2.75, 3.05) is 0 Å². The van der Waals surface area contributed by atoms with Crippen molar-refractivity contribution in [3.8, 4) is 5.75 Å². The summed E-state index contributed by atoms with van der Waals surface area (Å²) in [6.07, 6.45) is 3.33. The summed E-state index contributed by atoms with van der Waals surface area (Å²) in [5.41, 5.74) is 0.839. The number of carbonyl (C=O) groups is 1. The maximum atomic E-state index is 12.4. The molecule has 0 atom stereocenters. The molecule has 0 spiro atoms. The van der Waals surface area contributed by atoms with Gasteiger partial charge >= 0.3 is 0 Å². The lowest BCUT2D eigenvalue weighted by atomic mass is 10.2. The van der Waals surface area contributed by atoms with Crippen LogP contribution in [0.15, 0.2) is 52.0 Å². The van der Waals surface area contributed by atoms with Gasteiger partial charge in [-0.25, -0.2) is 0 Å². The third-order valence-corrected chi connectivity index (χ3v) is 4.34. The maximum absolute atomic E-state index is 12.4. The van der Waals surface area contributed by atoms with E-state index in [9.17, 15) is 9.90 Å². The number of thiocarbonyl (C=S) groups is 1. The van der Waals surface area contributed by atoms with E-state index in [1.807, 2.05) is 6.07 Å². The number of aromatic hydroxyl groups is 1. The van der Waals surface area contributed by atoms with Crippen molar-refractivity contribution in [3.05, 3.63) is 58.9 Å². The molecule has 0 bridgehead atoms. The number of phenols is 1. The molecule has 1 amide bonds. The fourth-order valence-corrected chi connectivity index (χ4v) is 3.17. The van der Waals surface area contributed by atoms with Crippen LogP contribution in [0.1, 0.15) is 11.3 Å². The molecule has 6 heteroatoms. The Bertz CT molecular complexity index is 705. The molecule has 1 N–H and O–H groups in total. The SMILES string of the molecule is O=C1/C(=C\c2ccc(O)cc2)SC(=S)N1Cc1ccco1. The number of benzene rings is 1. The Morgan fingerprint density at radius 3 is 2.71 bits per heavy atom. The van der Waals surface area contributed by atoms with Gasteiger partial charge in [-0.3, -0.25) is 9.69 Å². The predicted octanol–water partition coefficient (Wildman–Crippen LogP) is 3.39. The number of carbonyl (C=O) groups excluding carboxylic acids is 1. The van der Waals surface area contributed by atoms with Gasteiger partial charge in [0.05, 0.1) is 17.7 Å². The topological polar surface area (TPSA) is 53.7 Å². The Balaban J connectivity index is 1.81. The molecule has 1 fully saturated rings. The first-order valence-electron chi connectivity index (χ1n) is 6.20. The van der Waals surface area contributed by atoms with Crippen LogP contribution in [-0.4, -0.2) is 20.2 Å². The largest absolute Gasteiger partial charge is 0.508 e. The maximum Gasteiger partial charge on any atom is 0.266 e. The first-order valence-corrected chi connectivity index (χ1v) is 7.43. The molecular formula is C15H11NO3S2. The number of nitrogens with zero attached hydrogens (tertiary/aromatic N) is 1. The molecule has 0 saturated carbocycles. The second-order valence-electron chi connectivity index (χ2n) is 4.44. The van der Waals surface area contributed by atoms with Crippen molar-refractivity contribution in [1.82, 2.24) is 4.90 Å². The van der Waals surface area contributed by atoms with E-state index in [1.54, 1.807) is 42.7 Å². The summed E-state index contributed by atoms with van der Waals surface area (Å²) in [5.74, 6) is 0.754. The first-order chi connectivity index (χ1) is 10.1. The number of rotatable bonds is 3. The van der Waals surface area contributed by atoms with Crippen molar-refractivity contribution in [3.63, 3.8) is 0 Å². The molecule has 1 aliphatic rings. The van der Waals surface area contributed by atoms with Crippen molar-refractivity contribution >= 4 is 40.3 Å². The van der Waals surface area contributed by atoms with Gasteiger partial charge in [0, 0.05) is 0 Å². The molecule has 21 heavy (non-hydrogen) atoms. The number of hydrogen-bond acceptors (Lipinski definition) is 5. The summed E-state index contributed by atoms with van der Waals surface area (Å²) in [6.45, 7) is 0.338. The molecule has 2 aromatic rings. The van der Waals surface area contributed by atoms with Crippen LogP contribution in [0, 0.1) is 0 Å². The highest BCUT2D eigenvalue weighted by Crippen LogP contribution is 2.33. The number of amides is 1. The van der Waals surface area contributed by atoms with Crippen molar-refractivity contribution in [1.29, 1.82) is 0 Å². The Hall–Kier alpha value is -2.05. The molecule has 2 heterocycles. The monoisotopic (exact) mass is 317 g/mol. The first kappa shape index (κ1) is 13.9. The van der Waals surface area contributed by atoms with E-state index < -0.39 is 0 Å².